The molecule has 0 saturated carbocycles. The maximum atomic E-state index is 11.8. The van der Waals surface area contributed by atoms with Crippen LogP contribution in [0.5, 0.6) is 0 Å². The summed E-state index contributed by atoms with van der Waals surface area (Å²) in [5.41, 5.74) is 5.58. The first-order valence-electron chi connectivity index (χ1n) is 12.8. The zero-order chi connectivity index (χ0) is 25.9. The fraction of sp³-hybridized carbons (Fsp3) is 0.241. The van der Waals surface area contributed by atoms with Crippen LogP contribution in [0.15, 0.2) is 71.9 Å². The Morgan fingerprint density at radius 2 is 1.95 bits per heavy atom. The number of carbonyl (C=O) groups is 2. The van der Waals surface area contributed by atoms with Crippen LogP contribution in [0.2, 0.25) is 0 Å². The molecule has 9 heteroatoms. The SMILES string of the molecule is O=C1NC(=O)/C(=C/c2ccnc(N3CCC(CNCc4ccccc4-c4ccc5[nH]ccc5c4)CC3)n2)S1. The Morgan fingerprint density at radius 3 is 2.79 bits per heavy atom. The summed E-state index contributed by atoms with van der Waals surface area (Å²) in [4.78, 5) is 38.1. The molecule has 6 rings (SSSR count). The summed E-state index contributed by atoms with van der Waals surface area (Å²) in [6, 6.07) is 19.0. The lowest BCUT2D eigenvalue weighted by molar-refractivity contribution is -0.115. The fourth-order valence-corrected chi connectivity index (χ4v) is 5.74. The molecule has 0 atom stereocenters. The summed E-state index contributed by atoms with van der Waals surface area (Å²) in [7, 11) is 0. The zero-order valence-electron chi connectivity index (χ0n) is 20.8. The van der Waals surface area contributed by atoms with Crippen molar-refractivity contribution in [2.45, 2.75) is 19.4 Å². The average Bonchev–Trinajstić information content (AvgIpc) is 3.54. The van der Waals surface area contributed by atoms with Crippen molar-refractivity contribution < 1.29 is 9.59 Å². The molecular weight excluding hydrogens is 496 g/mol. The van der Waals surface area contributed by atoms with Crippen LogP contribution in [0.3, 0.4) is 0 Å². The number of hydrogen-bond donors (Lipinski definition) is 3. The van der Waals surface area contributed by atoms with Gasteiger partial charge >= 0.3 is 0 Å². The molecule has 38 heavy (non-hydrogen) atoms. The summed E-state index contributed by atoms with van der Waals surface area (Å²) in [6.07, 6.45) is 7.43. The number of H-pyrrole nitrogens is 1. The molecule has 2 aromatic heterocycles. The van der Waals surface area contributed by atoms with E-state index < -0.39 is 0 Å². The van der Waals surface area contributed by atoms with Crippen molar-refractivity contribution >= 4 is 45.8 Å². The molecule has 0 aliphatic carbocycles. The number of anilines is 1. The smallest absolute Gasteiger partial charge is 0.290 e. The molecule has 4 aromatic rings. The summed E-state index contributed by atoms with van der Waals surface area (Å²) < 4.78 is 0. The molecule has 2 aliphatic heterocycles. The Balaban J connectivity index is 1.03. The van der Waals surface area contributed by atoms with Crippen LogP contribution in [0.1, 0.15) is 24.1 Å². The largest absolute Gasteiger partial charge is 0.361 e. The van der Waals surface area contributed by atoms with E-state index in [2.05, 4.69) is 79.0 Å². The van der Waals surface area contributed by atoms with Gasteiger partial charge in [0.25, 0.3) is 11.1 Å². The van der Waals surface area contributed by atoms with Gasteiger partial charge < -0.3 is 15.2 Å². The quantitative estimate of drug-likeness (QED) is 0.294. The van der Waals surface area contributed by atoms with Gasteiger partial charge in [0, 0.05) is 37.5 Å². The van der Waals surface area contributed by atoms with Gasteiger partial charge in [-0.2, -0.15) is 0 Å². The summed E-state index contributed by atoms with van der Waals surface area (Å²) >= 11 is 0.896. The van der Waals surface area contributed by atoms with Gasteiger partial charge in [0.05, 0.1) is 10.6 Å². The number of nitrogens with one attached hydrogen (secondary N) is 3. The lowest BCUT2D eigenvalue weighted by Gasteiger charge is -2.32. The second-order valence-electron chi connectivity index (χ2n) is 9.63. The minimum Gasteiger partial charge on any atom is -0.361 e. The topological polar surface area (TPSA) is 103 Å². The maximum Gasteiger partial charge on any atom is 0.290 e. The molecule has 0 radical (unpaired) electrons. The Morgan fingerprint density at radius 1 is 1.08 bits per heavy atom. The highest BCUT2D eigenvalue weighted by Crippen LogP contribution is 2.28. The van der Waals surface area contributed by atoms with Crippen molar-refractivity contribution in [2.24, 2.45) is 5.92 Å². The fourth-order valence-electron chi connectivity index (χ4n) is 5.07. The molecule has 8 nitrogen and oxygen atoms in total. The summed E-state index contributed by atoms with van der Waals surface area (Å²) in [5.74, 6) is 0.871. The van der Waals surface area contributed by atoms with Gasteiger partial charge in [-0.15, -0.1) is 0 Å². The van der Waals surface area contributed by atoms with Crippen LogP contribution >= 0.6 is 11.8 Å². The number of carbonyl (C=O) groups excluding carboxylic acids is 2. The van der Waals surface area contributed by atoms with Crippen molar-refractivity contribution in [2.75, 3.05) is 24.5 Å². The highest BCUT2D eigenvalue weighted by atomic mass is 32.2. The second kappa shape index (κ2) is 10.8. The number of aromatic amines is 1. The molecule has 3 N–H and O–H groups in total. The van der Waals surface area contributed by atoms with Crippen LogP contribution in [-0.2, 0) is 11.3 Å². The van der Waals surface area contributed by atoms with E-state index >= 15 is 0 Å². The number of piperidine rings is 1. The number of aromatic nitrogens is 3. The number of thioether (sulfide) groups is 1. The van der Waals surface area contributed by atoms with E-state index in [1.165, 1.54) is 22.1 Å². The zero-order valence-corrected chi connectivity index (χ0v) is 21.6. The van der Waals surface area contributed by atoms with Crippen molar-refractivity contribution in [1.82, 2.24) is 25.6 Å². The third-order valence-corrected chi connectivity index (χ3v) is 7.92. The molecule has 2 aromatic carbocycles. The summed E-state index contributed by atoms with van der Waals surface area (Å²) in [5, 5.41) is 6.83. The van der Waals surface area contributed by atoms with Gasteiger partial charge in [-0.3, -0.25) is 14.9 Å². The predicted molar refractivity (Wildman–Crippen MR) is 152 cm³/mol. The molecule has 2 amide bonds. The predicted octanol–water partition coefficient (Wildman–Crippen LogP) is 4.96. The highest BCUT2D eigenvalue weighted by Gasteiger charge is 2.26. The monoisotopic (exact) mass is 524 g/mol. The van der Waals surface area contributed by atoms with Crippen molar-refractivity contribution in [3.63, 3.8) is 0 Å². The van der Waals surface area contributed by atoms with Gasteiger partial charge in [0.2, 0.25) is 5.95 Å². The van der Waals surface area contributed by atoms with Crippen LogP contribution in [0, 0.1) is 5.92 Å². The van der Waals surface area contributed by atoms with E-state index in [9.17, 15) is 9.59 Å². The van der Waals surface area contributed by atoms with Gasteiger partial charge in [-0.1, -0.05) is 30.3 Å². The lowest BCUT2D eigenvalue weighted by Crippen LogP contribution is -2.38. The van der Waals surface area contributed by atoms with E-state index in [-0.39, 0.29) is 11.1 Å². The second-order valence-corrected chi connectivity index (χ2v) is 10.6. The molecule has 2 fully saturated rings. The lowest BCUT2D eigenvalue weighted by atomic mass is 9.96. The molecule has 0 spiro atoms. The number of nitrogens with zero attached hydrogens (tertiary/aromatic N) is 3. The highest BCUT2D eigenvalue weighted by molar-refractivity contribution is 8.18. The van der Waals surface area contributed by atoms with Crippen LogP contribution < -0.4 is 15.5 Å². The Labute approximate surface area is 224 Å². The molecule has 2 saturated heterocycles. The molecule has 2 aliphatic rings. The molecule has 0 bridgehead atoms. The average molecular weight is 525 g/mol. The number of amides is 2. The number of fused-ring (bicyclic) bond motifs is 1. The van der Waals surface area contributed by atoms with E-state index in [0.29, 0.717) is 22.5 Å². The first-order valence-corrected chi connectivity index (χ1v) is 13.6. The van der Waals surface area contributed by atoms with Crippen LogP contribution in [-0.4, -0.2) is 45.7 Å². The van der Waals surface area contributed by atoms with Crippen molar-refractivity contribution in [3.05, 3.63) is 83.2 Å². The minimum atomic E-state index is -0.377. The minimum absolute atomic E-state index is 0.354. The van der Waals surface area contributed by atoms with Gasteiger partial charge in [0.1, 0.15) is 0 Å². The molecule has 4 heterocycles. The Bertz CT molecular complexity index is 1520. The van der Waals surface area contributed by atoms with Gasteiger partial charge in [-0.25, -0.2) is 9.97 Å². The van der Waals surface area contributed by atoms with Gasteiger partial charge in [0.15, 0.2) is 0 Å². The third kappa shape index (κ3) is 5.34. The Hall–Kier alpha value is -3.95. The Kier molecular flexibility index (Phi) is 6.94. The van der Waals surface area contributed by atoms with Gasteiger partial charge in [-0.05, 0) is 89.5 Å². The first kappa shape index (κ1) is 24.4. The first-order chi connectivity index (χ1) is 18.6. The standard InChI is InChI=1S/C29H28N6O2S/c36-27-26(38-29(37)34-27)16-23-8-12-32-28(33-23)35-13-9-19(10-14-35)17-30-18-22-3-1-2-4-24(22)20-5-6-25-21(15-20)7-11-31-25/h1-8,11-12,15-16,19,30-31H,9-10,13-14,17-18H2,(H,34,36,37)/b26-16-. The van der Waals surface area contributed by atoms with Crippen molar-refractivity contribution in [3.8, 4) is 11.1 Å². The number of benzene rings is 2. The molecule has 192 valence electrons. The number of imide groups is 1. The van der Waals surface area contributed by atoms with Crippen molar-refractivity contribution in [1.29, 1.82) is 0 Å². The van der Waals surface area contributed by atoms with Crippen LogP contribution in [0.4, 0.5) is 10.7 Å². The van der Waals surface area contributed by atoms with E-state index in [4.69, 9.17) is 0 Å². The molecule has 0 unspecified atom stereocenters. The number of rotatable bonds is 7. The van der Waals surface area contributed by atoms with E-state index in [1.54, 1.807) is 18.3 Å². The van der Waals surface area contributed by atoms with Crippen LogP contribution in [0.25, 0.3) is 28.1 Å². The maximum absolute atomic E-state index is 11.8. The normalized spacial score (nSPS) is 17.5. The summed E-state index contributed by atoms with van der Waals surface area (Å²) in [6.45, 7) is 3.56. The third-order valence-electron chi connectivity index (χ3n) is 7.11. The molecular formula is C29H28N6O2S. The van der Waals surface area contributed by atoms with E-state index in [0.717, 1.165) is 56.3 Å². The number of hydrogen-bond acceptors (Lipinski definition) is 7. The van der Waals surface area contributed by atoms with E-state index in [1.807, 2.05) is 6.20 Å².